The smallest absolute Gasteiger partial charge is 0.257 e. The van der Waals surface area contributed by atoms with Crippen LogP contribution < -0.4 is 9.47 Å². The summed E-state index contributed by atoms with van der Waals surface area (Å²) < 4.78 is 10.5. The molecule has 2 rings (SSSR count). The maximum atomic E-state index is 12.5. The Balaban J connectivity index is 2.24. The number of likely N-dealkylation sites (tertiary alicyclic amines) is 1. The molecule has 1 aliphatic heterocycles. The highest BCUT2D eigenvalue weighted by atomic mass is 79.9. The van der Waals surface area contributed by atoms with Gasteiger partial charge >= 0.3 is 0 Å². The molecule has 1 aromatic rings. The van der Waals surface area contributed by atoms with Gasteiger partial charge in [0.15, 0.2) is 11.5 Å². The van der Waals surface area contributed by atoms with Gasteiger partial charge in [-0.05, 0) is 24.5 Å². The second-order valence-corrected chi connectivity index (χ2v) is 5.25. The van der Waals surface area contributed by atoms with Crippen LogP contribution in [-0.2, 0) is 0 Å². The average Bonchev–Trinajstić information content (AvgIpc) is 2.94. The van der Waals surface area contributed by atoms with Gasteiger partial charge in [-0.2, -0.15) is 0 Å². The SMILES string of the molecule is COc1cccc(C(=O)N2CCC(CBr)C2)c1OC. The predicted octanol–water partition coefficient (Wildman–Crippen LogP) is 2.56. The third-order valence-corrected chi connectivity index (χ3v) is 4.34. The van der Waals surface area contributed by atoms with Gasteiger partial charge < -0.3 is 14.4 Å². The maximum absolute atomic E-state index is 12.5. The Hall–Kier alpha value is -1.23. The molecular weight excluding hydrogens is 310 g/mol. The van der Waals surface area contributed by atoms with Gasteiger partial charge in [0.25, 0.3) is 5.91 Å². The zero-order valence-electron chi connectivity index (χ0n) is 11.2. The topological polar surface area (TPSA) is 38.8 Å². The molecule has 5 heteroatoms. The first kappa shape index (κ1) is 14.2. The summed E-state index contributed by atoms with van der Waals surface area (Å²) in [6.07, 6.45) is 1.04. The minimum atomic E-state index is 0.0131. The molecule has 1 amide bonds. The number of hydrogen-bond acceptors (Lipinski definition) is 3. The highest BCUT2D eigenvalue weighted by Crippen LogP contribution is 2.32. The lowest BCUT2D eigenvalue weighted by Crippen LogP contribution is -2.29. The number of methoxy groups -OCH3 is 2. The Morgan fingerprint density at radius 3 is 2.79 bits per heavy atom. The Labute approximate surface area is 121 Å². The van der Waals surface area contributed by atoms with Gasteiger partial charge in [-0.15, -0.1) is 0 Å². The average molecular weight is 328 g/mol. The molecule has 1 aromatic carbocycles. The molecule has 1 atom stereocenters. The number of carbonyl (C=O) groups is 1. The van der Waals surface area contributed by atoms with E-state index in [0.29, 0.717) is 23.0 Å². The van der Waals surface area contributed by atoms with Crippen molar-refractivity contribution in [3.63, 3.8) is 0 Å². The van der Waals surface area contributed by atoms with Crippen LogP contribution in [0.3, 0.4) is 0 Å². The van der Waals surface area contributed by atoms with Crippen molar-refractivity contribution >= 4 is 21.8 Å². The van der Waals surface area contributed by atoms with Crippen LogP contribution in [0.4, 0.5) is 0 Å². The monoisotopic (exact) mass is 327 g/mol. The van der Waals surface area contributed by atoms with Crippen molar-refractivity contribution in [2.45, 2.75) is 6.42 Å². The summed E-state index contributed by atoms with van der Waals surface area (Å²) in [5, 5.41) is 0.937. The first-order valence-corrected chi connectivity index (χ1v) is 7.39. The predicted molar refractivity (Wildman–Crippen MR) is 77.4 cm³/mol. The van der Waals surface area contributed by atoms with E-state index in [1.807, 2.05) is 11.0 Å². The Morgan fingerprint density at radius 2 is 2.21 bits per heavy atom. The Morgan fingerprint density at radius 1 is 1.42 bits per heavy atom. The van der Waals surface area contributed by atoms with E-state index >= 15 is 0 Å². The van der Waals surface area contributed by atoms with Gasteiger partial charge in [-0.25, -0.2) is 0 Å². The molecule has 4 nitrogen and oxygen atoms in total. The molecule has 0 bridgehead atoms. The minimum absolute atomic E-state index is 0.0131. The largest absolute Gasteiger partial charge is 0.493 e. The molecule has 1 fully saturated rings. The molecule has 1 heterocycles. The quantitative estimate of drug-likeness (QED) is 0.798. The second-order valence-electron chi connectivity index (χ2n) is 4.60. The fourth-order valence-electron chi connectivity index (χ4n) is 2.37. The number of rotatable bonds is 4. The summed E-state index contributed by atoms with van der Waals surface area (Å²) >= 11 is 3.48. The van der Waals surface area contributed by atoms with E-state index in [1.165, 1.54) is 0 Å². The third kappa shape index (κ3) is 2.86. The number of ether oxygens (including phenoxy) is 2. The first-order chi connectivity index (χ1) is 9.21. The summed E-state index contributed by atoms with van der Waals surface area (Å²) in [4.78, 5) is 14.4. The molecule has 0 saturated carbocycles. The van der Waals surface area contributed by atoms with Crippen LogP contribution in [-0.4, -0.2) is 43.4 Å². The number of benzene rings is 1. The maximum Gasteiger partial charge on any atom is 0.257 e. The van der Waals surface area contributed by atoms with Gasteiger partial charge in [-0.3, -0.25) is 4.79 Å². The third-order valence-electron chi connectivity index (χ3n) is 3.42. The van der Waals surface area contributed by atoms with Crippen LogP contribution in [0.15, 0.2) is 18.2 Å². The van der Waals surface area contributed by atoms with E-state index < -0.39 is 0 Å². The van der Waals surface area contributed by atoms with Crippen LogP contribution in [0.5, 0.6) is 11.5 Å². The summed E-state index contributed by atoms with van der Waals surface area (Å²) in [5.74, 6) is 1.65. The standard InChI is InChI=1S/C14H18BrNO3/c1-18-12-5-3-4-11(13(12)19-2)14(17)16-7-6-10(8-15)9-16/h3-5,10H,6-9H2,1-2H3. The number of amides is 1. The number of hydrogen-bond donors (Lipinski definition) is 0. The van der Waals surface area contributed by atoms with E-state index in [0.717, 1.165) is 24.8 Å². The number of nitrogens with zero attached hydrogens (tertiary/aromatic N) is 1. The van der Waals surface area contributed by atoms with Crippen molar-refractivity contribution in [2.75, 3.05) is 32.6 Å². The van der Waals surface area contributed by atoms with Crippen molar-refractivity contribution in [3.05, 3.63) is 23.8 Å². The fraction of sp³-hybridized carbons (Fsp3) is 0.500. The van der Waals surface area contributed by atoms with Gasteiger partial charge in [0.2, 0.25) is 0 Å². The van der Waals surface area contributed by atoms with Crippen LogP contribution in [0.25, 0.3) is 0 Å². The number of halogens is 1. The molecule has 104 valence electrons. The molecule has 0 aromatic heterocycles. The van der Waals surface area contributed by atoms with E-state index in [4.69, 9.17) is 9.47 Å². The lowest BCUT2D eigenvalue weighted by molar-refractivity contribution is 0.0784. The van der Waals surface area contributed by atoms with E-state index in [2.05, 4.69) is 15.9 Å². The molecule has 1 unspecified atom stereocenters. The van der Waals surface area contributed by atoms with Crippen LogP contribution in [0, 0.1) is 5.92 Å². The normalized spacial score (nSPS) is 18.5. The van der Waals surface area contributed by atoms with Crippen LogP contribution >= 0.6 is 15.9 Å². The van der Waals surface area contributed by atoms with Crippen molar-refractivity contribution in [1.29, 1.82) is 0 Å². The van der Waals surface area contributed by atoms with Gasteiger partial charge in [-0.1, -0.05) is 22.0 Å². The van der Waals surface area contributed by atoms with Crippen LogP contribution in [0.1, 0.15) is 16.8 Å². The van der Waals surface area contributed by atoms with Gasteiger partial charge in [0, 0.05) is 18.4 Å². The molecule has 0 N–H and O–H groups in total. The molecule has 1 aliphatic rings. The van der Waals surface area contributed by atoms with E-state index in [-0.39, 0.29) is 5.91 Å². The Bertz CT molecular complexity index is 464. The zero-order chi connectivity index (χ0) is 13.8. The van der Waals surface area contributed by atoms with Gasteiger partial charge in [0.1, 0.15) is 0 Å². The molecule has 0 radical (unpaired) electrons. The highest BCUT2D eigenvalue weighted by molar-refractivity contribution is 9.09. The summed E-state index contributed by atoms with van der Waals surface area (Å²) in [6.45, 7) is 1.60. The molecule has 0 aliphatic carbocycles. The summed E-state index contributed by atoms with van der Waals surface area (Å²) in [6, 6.07) is 5.39. The van der Waals surface area contributed by atoms with E-state index in [9.17, 15) is 4.79 Å². The van der Waals surface area contributed by atoms with Crippen molar-refractivity contribution in [2.24, 2.45) is 5.92 Å². The van der Waals surface area contributed by atoms with Crippen molar-refractivity contribution < 1.29 is 14.3 Å². The zero-order valence-corrected chi connectivity index (χ0v) is 12.8. The lowest BCUT2D eigenvalue weighted by Gasteiger charge is -2.19. The van der Waals surface area contributed by atoms with E-state index in [1.54, 1.807) is 26.4 Å². The highest BCUT2D eigenvalue weighted by Gasteiger charge is 2.28. The molecule has 0 spiro atoms. The van der Waals surface area contributed by atoms with Crippen molar-refractivity contribution in [1.82, 2.24) is 4.90 Å². The van der Waals surface area contributed by atoms with Crippen LogP contribution in [0.2, 0.25) is 0 Å². The van der Waals surface area contributed by atoms with Crippen molar-refractivity contribution in [3.8, 4) is 11.5 Å². The Kier molecular flexibility index (Phi) is 4.69. The number of carbonyl (C=O) groups excluding carboxylic acids is 1. The molecule has 19 heavy (non-hydrogen) atoms. The molecule has 1 saturated heterocycles. The summed E-state index contributed by atoms with van der Waals surface area (Å²) in [5.41, 5.74) is 0.567. The fourth-order valence-corrected chi connectivity index (χ4v) is 2.90. The number of para-hydroxylation sites is 1. The molecular formula is C14H18BrNO3. The first-order valence-electron chi connectivity index (χ1n) is 6.27. The van der Waals surface area contributed by atoms with Gasteiger partial charge in [0.05, 0.1) is 19.8 Å². The second kappa shape index (κ2) is 6.28. The lowest BCUT2D eigenvalue weighted by atomic mass is 10.1. The minimum Gasteiger partial charge on any atom is -0.493 e. The summed E-state index contributed by atoms with van der Waals surface area (Å²) in [7, 11) is 3.13. The number of alkyl halides is 1.